The van der Waals surface area contributed by atoms with E-state index < -0.39 is 5.97 Å². The second-order valence-corrected chi connectivity index (χ2v) is 4.32. The topological polar surface area (TPSA) is 75.4 Å². The molecule has 0 bridgehead atoms. The van der Waals surface area contributed by atoms with Gasteiger partial charge in [0, 0.05) is 10.5 Å². The van der Waals surface area contributed by atoms with Crippen LogP contribution in [0.25, 0.3) is 0 Å². The van der Waals surface area contributed by atoms with Crippen LogP contribution in [0.5, 0.6) is 0 Å². The van der Waals surface area contributed by atoms with Crippen molar-refractivity contribution in [3.8, 4) is 0 Å². The molecule has 5 nitrogen and oxygen atoms in total. The van der Waals surface area contributed by atoms with Crippen LogP contribution in [0.1, 0.15) is 16.2 Å². The van der Waals surface area contributed by atoms with E-state index >= 15 is 0 Å². The predicted molar refractivity (Wildman–Crippen MR) is 64.9 cm³/mol. The highest BCUT2D eigenvalue weighted by atomic mass is 79.9. The van der Waals surface area contributed by atoms with Crippen molar-refractivity contribution in [2.75, 3.05) is 5.32 Å². The second kappa shape index (κ2) is 5.18. The second-order valence-electron chi connectivity index (χ2n) is 3.46. The van der Waals surface area contributed by atoms with Crippen molar-refractivity contribution in [2.45, 2.75) is 6.54 Å². The van der Waals surface area contributed by atoms with Crippen molar-refractivity contribution in [1.82, 2.24) is 5.16 Å². The van der Waals surface area contributed by atoms with Crippen LogP contribution in [0.2, 0.25) is 0 Å². The lowest BCUT2D eigenvalue weighted by atomic mass is 10.3. The van der Waals surface area contributed by atoms with Crippen LogP contribution in [0, 0.1) is 5.82 Å². The number of halogens is 2. The Morgan fingerprint density at radius 1 is 1.50 bits per heavy atom. The molecular weight excluding hydrogens is 307 g/mol. The lowest BCUT2D eigenvalue weighted by molar-refractivity contribution is 0.0685. The van der Waals surface area contributed by atoms with E-state index in [1.165, 1.54) is 18.2 Å². The smallest absolute Gasteiger partial charge is 0.358 e. The molecular formula is C11H8BrFN2O3. The highest BCUT2D eigenvalue weighted by Gasteiger charge is 2.10. The molecule has 18 heavy (non-hydrogen) atoms. The molecule has 7 heteroatoms. The number of aromatic nitrogens is 1. The molecule has 1 aromatic heterocycles. The van der Waals surface area contributed by atoms with Gasteiger partial charge in [-0.2, -0.15) is 0 Å². The average molecular weight is 315 g/mol. The van der Waals surface area contributed by atoms with Crippen LogP contribution in [-0.2, 0) is 6.54 Å². The minimum absolute atomic E-state index is 0.162. The quantitative estimate of drug-likeness (QED) is 0.907. The van der Waals surface area contributed by atoms with Gasteiger partial charge < -0.3 is 14.9 Å². The molecule has 1 heterocycles. The Morgan fingerprint density at radius 3 is 2.94 bits per heavy atom. The largest absolute Gasteiger partial charge is 0.476 e. The van der Waals surface area contributed by atoms with Crippen molar-refractivity contribution in [1.29, 1.82) is 0 Å². The Hall–Kier alpha value is -1.89. The van der Waals surface area contributed by atoms with E-state index in [4.69, 9.17) is 9.63 Å². The fraction of sp³-hybridized carbons (Fsp3) is 0.0909. The molecule has 0 saturated carbocycles. The molecule has 0 aliphatic heterocycles. The van der Waals surface area contributed by atoms with Crippen LogP contribution in [0.4, 0.5) is 10.1 Å². The number of nitrogens with zero attached hydrogens (tertiary/aromatic N) is 1. The van der Waals surface area contributed by atoms with E-state index in [0.717, 1.165) is 0 Å². The summed E-state index contributed by atoms with van der Waals surface area (Å²) in [5.74, 6) is -1.18. The summed E-state index contributed by atoms with van der Waals surface area (Å²) >= 11 is 3.26. The third kappa shape index (κ3) is 2.86. The monoisotopic (exact) mass is 314 g/mol. The van der Waals surface area contributed by atoms with Crippen molar-refractivity contribution < 1.29 is 18.8 Å². The van der Waals surface area contributed by atoms with Gasteiger partial charge in [-0.15, -0.1) is 0 Å². The van der Waals surface area contributed by atoms with Gasteiger partial charge in [0.1, 0.15) is 5.82 Å². The zero-order valence-electron chi connectivity index (χ0n) is 8.98. The maximum Gasteiger partial charge on any atom is 0.358 e. The molecule has 2 N–H and O–H groups in total. The van der Waals surface area contributed by atoms with Crippen molar-refractivity contribution in [3.63, 3.8) is 0 Å². The summed E-state index contributed by atoms with van der Waals surface area (Å²) in [5.41, 5.74) is 0.383. The molecule has 94 valence electrons. The SMILES string of the molecule is O=C(O)c1cc(CNc2cc(F)ccc2Br)on1. The van der Waals surface area contributed by atoms with Gasteiger partial charge in [0.25, 0.3) is 0 Å². The standard InChI is InChI=1S/C11H8BrFN2O3/c12-8-2-1-6(13)3-9(8)14-5-7-4-10(11(16)17)15-18-7/h1-4,14H,5H2,(H,16,17). The Bertz CT molecular complexity index is 585. The van der Waals surface area contributed by atoms with Gasteiger partial charge in [0.05, 0.1) is 12.2 Å². The van der Waals surface area contributed by atoms with E-state index in [-0.39, 0.29) is 18.1 Å². The highest BCUT2D eigenvalue weighted by Crippen LogP contribution is 2.23. The van der Waals surface area contributed by atoms with Crippen LogP contribution < -0.4 is 5.32 Å². The number of anilines is 1. The molecule has 0 radical (unpaired) electrons. The van der Waals surface area contributed by atoms with Crippen LogP contribution in [0.15, 0.2) is 33.3 Å². The lowest BCUT2D eigenvalue weighted by Crippen LogP contribution is -1.99. The minimum Gasteiger partial charge on any atom is -0.476 e. The molecule has 1 aromatic carbocycles. The van der Waals surface area contributed by atoms with Crippen LogP contribution >= 0.6 is 15.9 Å². The maximum atomic E-state index is 13.0. The first kappa shape index (κ1) is 12.6. The highest BCUT2D eigenvalue weighted by molar-refractivity contribution is 9.10. The van der Waals surface area contributed by atoms with Gasteiger partial charge in [-0.05, 0) is 34.1 Å². The molecule has 0 saturated heterocycles. The molecule has 2 rings (SSSR count). The summed E-state index contributed by atoms with van der Waals surface area (Å²) in [4.78, 5) is 10.6. The predicted octanol–water partition coefficient (Wildman–Crippen LogP) is 2.89. The summed E-state index contributed by atoms with van der Waals surface area (Å²) < 4.78 is 18.5. The fourth-order valence-corrected chi connectivity index (χ4v) is 1.70. The van der Waals surface area contributed by atoms with Gasteiger partial charge in [0.15, 0.2) is 11.5 Å². The van der Waals surface area contributed by atoms with E-state index in [1.807, 2.05) is 0 Å². The Kier molecular flexibility index (Phi) is 3.61. The molecule has 2 aromatic rings. The van der Waals surface area contributed by atoms with E-state index in [1.54, 1.807) is 6.07 Å². The molecule has 0 unspecified atom stereocenters. The zero-order chi connectivity index (χ0) is 13.1. The Labute approximate surface area is 110 Å². The van der Waals surface area contributed by atoms with Crippen LogP contribution in [-0.4, -0.2) is 16.2 Å². The van der Waals surface area contributed by atoms with E-state index in [0.29, 0.717) is 15.9 Å². The first-order valence-corrected chi connectivity index (χ1v) is 5.73. The summed E-state index contributed by atoms with van der Waals surface area (Å²) in [6.07, 6.45) is 0. The van der Waals surface area contributed by atoms with Crippen molar-refractivity contribution in [2.24, 2.45) is 0 Å². The Morgan fingerprint density at radius 2 is 2.28 bits per heavy atom. The Balaban J connectivity index is 2.06. The molecule has 0 amide bonds. The molecule has 0 aliphatic rings. The number of carboxylic acids is 1. The van der Waals surface area contributed by atoms with Gasteiger partial charge in [-0.25, -0.2) is 9.18 Å². The van der Waals surface area contributed by atoms with Gasteiger partial charge >= 0.3 is 5.97 Å². The molecule has 0 spiro atoms. The zero-order valence-corrected chi connectivity index (χ0v) is 10.6. The lowest BCUT2D eigenvalue weighted by Gasteiger charge is -2.06. The summed E-state index contributed by atoms with van der Waals surface area (Å²) in [6.45, 7) is 0.211. The summed E-state index contributed by atoms with van der Waals surface area (Å²) in [6, 6.07) is 5.52. The number of carboxylic acid groups (broad SMARTS) is 1. The maximum absolute atomic E-state index is 13.0. The first-order chi connectivity index (χ1) is 8.56. The molecule has 0 aliphatic carbocycles. The fourth-order valence-electron chi connectivity index (χ4n) is 1.31. The number of hydrogen-bond donors (Lipinski definition) is 2. The number of nitrogens with one attached hydrogen (secondary N) is 1. The van der Waals surface area contributed by atoms with Crippen molar-refractivity contribution >= 4 is 27.6 Å². The van der Waals surface area contributed by atoms with E-state index in [9.17, 15) is 9.18 Å². The number of benzene rings is 1. The third-order valence-electron chi connectivity index (χ3n) is 2.16. The van der Waals surface area contributed by atoms with Gasteiger partial charge in [-0.3, -0.25) is 0 Å². The van der Waals surface area contributed by atoms with Gasteiger partial charge in [0.2, 0.25) is 0 Å². The normalized spacial score (nSPS) is 10.3. The average Bonchev–Trinajstić information content (AvgIpc) is 2.79. The van der Waals surface area contributed by atoms with Crippen molar-refractivity contribution in [3.05, 3.63) is 46.0 Å². The molecule has 0 atom stereocenters. The van der Waals surface area contributed by atoms with E-state index in [2.05, 4.69) is 26.4 Å². The number of hydrogen-bond acceptors (Lipinski definition) is 4. The van der Waals surface area contributed by atoms with Gasteiger partial charge in [-0.1, -0.05) is 5.16 Å². The summed E-state index contributed by atoms with van der Waals surface area (Å²) in [5, 5.41) is 14.9. The van der Waals surface area contributed by atoms with Crippen LogP contribution in [0.3, 0.4) is 0 Å². The molecule has 0 fully saturated rings. The number of carbonyl (C=O) groups is 1. The third-order valence-corrected chi connectivity index (χ3v) is 2.85. The number of aromatic carboxylic acids is 1. The minimum atomic E-state index is -1.16. The summed E-state index contributed by atoms with van der Waals surface area (Å²) in [7, 11) is 0. The number of rotatable bonds is 4. The first-order valence-electron chi connectivity index (χ1n) is 4.94.